The van der Waals surface area contributed by atoms with E-state index in [2.05, 4.69) is 138 Å². The average Bonchev–Trinajstić information content (AvgIpc) is 1.72. The van der Waals surface area contributed by atoms with Crippen LogP contribution in [-0.2, 0) is 14.3 Å². The van der Waals surface area contributed by atoms with E-state index in [-0.39, 0.29) is 51.9 Å². The number of ether oxygens (including phenoxy) is 1. The standard InChI is InChI=1S/C14H20N4O4.C13H21N5O2.C12H18N4O2.C12H20N4O2.C10H14N4O3.C10H13N3O3/c1-14(2,3)22-13(21)17-9-4-5-18(7-9)11-6-10(12(19)20)15-8-16-11;1-17-5-7-18(8-6-17)4-2-3-14-12-9-11(13(19)20)15-10-16-12;17-12(18)10-8-11(15-9-14-10)13-4-3-7-16-5-1-2-6-16;1-3-16(4-2)7-5-6-13-11-8-10(12(17)18)14-9-15-11;1-7(15)11-3-2-4-12-9-5-8(10(16)17)13-6-14-9;1-7(14)3-2-4-11-9-5-8(10(15)16)12-6-13-9/h6,8-9H,4-5,7H2,1-3H3,(H,17,21)(H,19,20);9-10H,2-8H2,1H3,(H,19,20)(H,14,15,16);8-9H,1-7H2,(H,17,18)(H,13,14,15);8-9H,3-7H2,1-2H3,(H,17,18)(H,13,14,15);5-6H,2-4H2,1H3,(H,11,15)(H,16,17)(H,12,13,14);5-6H,2-4H2,1H3,(H,15,16)(H,11,12,13). The van der Waals surface area contributed by atoms with Crippen LogP contribution in [0, 0.1) is 0 Å². The number of ketones is 1. The molecular weight excluding hydrogens is 1440 g/mol. The van der Waals surface area contributed by atoms with Crippen LogP contribution in [0.4, 0.5) is 39.7 Å². The van der Waals surface area contributed by atoms with Crippen LogP contribution in [0.1, 0.15) is 169 Å². The number of anilines is 6. The summed E-state index contributed by atoms with van der Waals surface area (Å²) < 4.78 is 5.22. The summed E-state index contributed by atoms with van der Waals surface area (Å²) in [5.74, 6) is -3.15. The lowest BCUT2D eigenvalue weighted by Gasteiger charge is -2.32. The number of carbonyl (C=O) groups is 9. The molecule has 9 heterocycles. The first-order chi connectivity index (χ1) is 53.0. The zero-order valence-electron chi connectivity index (χ0n) is 64.2. The molecule has 3 fully saturated rings. The zero-order valence-corrected chi connectivity index (χ0v) is 64.2. The molecule has 13 N–H and O–H groups in total. The second-order valence-corrected chi connectivity index (χ2v) is 26.2. The van der Waals surface area contributed by atoms with Gasteiger partial charge >= 0.3 is 41.9 Å². The Bertz CT molecular complexity index is 3800. The number of alkyl carbamates (subject to hydrolysis) is 1. The van der Waals surface area contributed by atoms with E-state index in [0.717, 1.165) is 111 Å². The fourth-order valence-electron chi connectivity index (χ4n) is 10.3. The van der Waals surface area contributed by atoms with Gasteiger partial charge in [0.15, 0.2) is 34.2 Å². The van der Waals surface area contributed by atoms with Crippen LogP contribution in [0.5, 0.6) is 0 Å². The molecule has 3 aliphatic rings. The third kappa shape index (κ3) is 39.9. The summed E-state index contributed by atoms with van der Waals surface area (Å²) in [5.41, 5.74) is -0.641. The molecule has 6 aromatic rings. The van der Waals surface area contributed by atoms with E-state index in [1.807, 2.05) is 25.7 Å². The monoisotopic (exact) mass is 1550 g/mol. The van der Waals surface area contributed by atoms with Crippen molar-refractivity contribution in [2.24, 2.45) is 0 Å². The Morgan fingerprint density at radius 3 is 1.19 bits per heavy atom. The highest BCUT2D eigenvalue weighted by Gasteiger charge is 2.28. The van der Waals surface area contributed by atoms with Gasteiger partial charge in [0.2, 0.25) is 5.91 Å². The highest BCUT2D eigenvalue weighted by atomic mass is 16.6. The number of likely N-dealkylation sites (N-methyl/N-ethyl adjacent to an activating group) is 1. The van der Waals surface area contributed by atoms with Gasteiger partial charge in [0.25, 0.3) is 0 Å². The van der Waals surface area contributed by atoms with Gasteiger partial charge in [-0.15, -0.1) is 0 Å². The molecule has 40 heteroatoms. The predicted molar refractivity (Wildman–Crippen MR) is 411 cm³/mol. The van der Waals surface area contributed by atoms with Crippen LogP contribution in [0.3, 0.4) is 0 Å². The van der Waals surface area contributed by atoms with Crippen molar-refractivity contribution < 1.29 is 78.5 Å². The van der Waals surface area contributed by atoms with E-state index < -0.39 is 47.5 Å². The van der Waals surface area contributed by atoms with Gasteiger partial charge in [0.1, 0.15) is 84.3 Å². The minimum atomic E-state index is -1.09. The molecule has 111 heavy (non-hydrogen) atoms. The number of carboxylic acids is 6. The molecule has 1 unspecified atom stereocenters. The van der Waals surface area contributed by atoms with Crippen molar-refractivity contribution in [1.29, 1.82) is 0 Å². The number of aromatic carboxylic acids is 6. The lowest BCUT2D eigenvalue weighted by molar-refractivity contribution is -0.119. The number of amides is 2. The van der Waals surface area contributed by atoms with Gasteiger partial charge in [-0.1, -0.05) is 13.8 Å². The van der Waals surface area contributed by atoms with Gasteiger partial charge in [0, 0.05) is 128 Å². The Morgan fingerprint density at radius 2 is 0.820 bits per heavy atom. The maximum Gasteiger partial charge on any atom is 0.407 e. The van der Waals surface area contributed by atoms with E-state index in [0.29, 0.717) is 80.5 Å². The smallest absolute Gasteiger partial charge is 0.407 e. The number of hydrogen-bond donors (Lipinski definition) is 13. The quantitative estimate of drug-likeness (QED) is 0.0234. The molecular formula is C71H106N24O16. The number of aromatic nitrogens is 12. The normalized spacial score (nSPS) is 13.8. The third-order valence-electron chi connectivity index (χ3n) is 16.1. The molecule has 0 aliphatic carbocycles. The number of likely N-dealkylation sites (tertiary alicyclic amines) is 1. The Labute approximate surface area is 643 Å². The van der Waals surface area contributed by atoms with Crippen LogP contribution in [-0.4, -0.2) is 307 Å². The van der Waals surface area contributed by atoms with Crippen molar-refractivity contribution in [2.45, 2.75) is 118 Å². The number of hydrogen-bond acceptors (Lipinski definition) is 32. The van der Waals surface area contributed by atoms with Crippen molar-refractivity contribution in [1.82, 2.24) is 90.0 Å². The third-order valence-corrected chi connectivity index (χ3v) is 16.1. The SMILES string of the molecule is CC(=O)CCCNc1cc(C(=O)O)ncn1.CC(=O)NCCCNc1cc(C(=O)O)ncn1.CC(C)(C)OC(=O)NC1CCN(c2cc(C(=O)O)ncn2)C1.CCN(CC)CCCNc1cc(C(=O)O)ncn1.CN1CCN(CCCNc2cc(C(=O)O)ncn2)CC1.O=C(O)c1cc(NCCCN2CCCC2)ncn1. The Kier molecular flexibility index (Phi) is 42.0. The Balaban J connectivity index is 0.000000282. The zero-order chi connectivity index (χ0) is 81.5. The van der Waals surface area contributed by atoms with E-state index >= 15 is 0 Å². The topological polar surface area (TPSA) is 539 Å². The van der Waals surface area contributed by atoms with Crippen molar-refractivity contribution >= 4 is 88.5 Å². The van der Waals surface area contributed by atoms with Gasteiger partial charge in [-0.05, 0) is 132 Å². The van der Waals surface area contributed by atoms with Gasteiger partial charge in [-0.3, -0.25) is 4.79 Å². The van der Waals surface area contributed by atoms with Crippen LogP contribution in [0.15, 0.2) is 74.4 Å². The van der Waals surface area contributed by atoms with Gasteiger partial charge in [0.05, 0.1) is 6.04 Å². The largest absolute Gasteiger partial charge is 0.477 e. The second-order valence-electron chi connectivity index (χ2n) is 26.2. The summed E-state index contributed by atoms with van der Waals surface area (Å²) in [5, 5.41) is 73.5. The molecule has 6 aromatic heterocycles. The number of Topliss-reactive ketones (excluding diaryl/α,β-unsaturated/α-hetero) is 1. The number of nitrogens with zero attached hydrogens (tertiary/aromatic N) is 17. The van der Waals surface area contributed by atoms with Crippen molar-refractivity contribution in [2.75, 3.05) is 163 Å². The number of rotatable bonds is 35. The minimum absolute atomic E-state index is 0.0104. The van der Waals surface area contributed by atoms with E-state index in [1.165, 1.54) is 114 Å². The highest BCUT2D eigenvalue weighted by molar-refractivity contribution is 5.88. The molecule has 3 aliphatic heterocycles. The molecule has 3 saturated heterocycles. The molecule has 0 spiro atoms. The minimum Gasteiger partial charge on any atom is -0.477 e. The summed E-state index contributed by atoms with van der Waals surface area (Å²) in [6.45, 7) is 30.2. The maximum absolute atomic E-state index is 11.7. The van der Waals surface area contributed by atoms with E-state index in [9.17, 15) is 43.2 Å². The first kappa shape index (κ1) is 91.7. The molecule has 0 aromatic carbocycles. The summed E-state index contributed by atoms with van der Waals surface area (Å²) in [7, 11) is 2.15. The molecule has 0 bridgehead atoms. The fraction of sp³-hybridized carbons (Fsp3) is 0.535. The Morgan fingerprint density at radius 1 is 0.459 bits per heavy atom. The fourth-order valence-corrected chi connectivity index (χ4v) is 10.3. The second kappa shape index (κ2) is 50.9. The predicted octanol–water partition coefficient (Wildman–Crippen LogP) is 4.96. The van der Waals surface area contributed by atoms with Crippen LogP contribution < -0.4 is 42.1 Å². The molecule has 1 atom stereocenters. The van der Waals surface area contributed by atoms with Gasteiger partial charge in [-0.2, -0.15) is 0 Å². The molecule has 0 saturated carbocycles. The van der Waals surface area contributed by atoms with Crippen LogP contribution in [0.2, 0.25) is 0 Å². The van der Waals surface area contributed by atoms with Crippen molar-refractivity contribution in [3.8, 4) is 0 Å². The summed E-state index contributed by atoms with van der Waals surface area (Å²) >= 11 is 0. The van der Waals surface area contributed by atoms with Crippen LogP contribution in [0.25, 0.3) is 0 Å². The highest BCUT2D eigenvalue weighted by Crippen LogP contribution is 2.20. The summed E-state index contributed by atoms with van der Waals surface area (Å²) in [6.07, 6.45) is 15.3. The lowest BCUT2D eigenvalue weighted by atomic mass is 10.2. The summed E-state index contributed by atoms with van der Waals surface area (Å²) in [6, 6.07) is 8.45. The molecule has 606 valence electrons. The Hall–Kier alpha value is -11.6. The number of carboxylic acid groups (broad SMARTS) is 6. The van der Waals surface area contributed by atoms with Gasteiger partial charge < -0.3 is 102 Å². The van der Waals surface area contributed by atoms with Crippen molar-refractivity contribution in [3.63, 3.8) is 0 Å². The lowest BCUT2D eigenvalue weighted by Crippen LogP contribution is -2.44. The molecule has 0 radical (unpaired) electrons. The first-order valence-corrected chi connectivity index (χ1v) is 36.4. The number of piperazine rings is 1. The summed E-state index contributed by atoms with van der Waals surface area (Å²) in [4.78, 5) is 155. The molecule has 2 amide bonds. The van der Waals surface area contributed by atoms with Crippen molar-refractivity contribution in [3.05, 3.63) is 109 Å². The number of nitrogens with one attached hydrogen (secondary N) is 7. The first-order valence-electron chi connectivity index (χ1n) is 36.4. The van der Waals surface area contributed by atoms with E-state index in [1.54, 1.807) is 0 Å². The van der Waals surface area contributed by atoms with E-state index in [4.69, 9.17) is 35.4 Å². The van der Waals surface area contributed by atoms with Crippen LogP contribution >= 0.6 is 0 Å². The maximum atomic E-state index is 11.7. The van der Waals surface area contributed by atoms with Gasteiger partial charge in [-0.25, -0.2) is 93.4 Å². The number of carbonyl (C=O) groups excluding carboxylic acids is 3. The molecule has 9 rings (SSSR count). The average molecular weight is 1550 g/mol. The molecule has 40 nitrogen and oxygen atoms in total.